The Morgan fingerprint density at radius 2 is 1.78 bits per heavy atom. The van der Waals surface area contributed by atoms with E-state index in [1.807, 2.05) is 36.6 Å². The van der Waals surface area contributed by atoms with Crippen molar-refractivity contribution in [3.05, 3.63) is 76.6 Å². The molecule has 3 amide bonds. The predicted octanol–water partition coefficient (Wildman–Crippen LogP) is 7.67. The molecule has 338 valence electrons. The molecule has 3 fully saturated rings. The fraction of sp³-hybridized carbons (Fsp3) is 0.489. The minimum atomic E-state index is -3.69. The lowest BCUT2D eigenvalue weighted by Gasteiger charge is -2.28. The van der Waals surface area contributed by atoms with Gasteiger partial charge in [0.2, 0.25) is 27.7 Å². The third-order valence-corrected chi connectivity index (χ3v) is 15.3. The Morgan fingerprint density at radius 3 is 2.43 bits per heavy atom. The van der Waals surface area contributed by atoms with Gasteiger partial charge < -0.3 is 25.4 Å². The largest absolute Gasteiger partial charge is 0.496 e. The Labute approximate surface area is 369 Å². The van der Waals surface area contributed by atoms with E-state index in [1.165, 1.54) is 16.2 Å². The first kappa shape index (κ1) is 45.8. The van der Waals surface area contributed by atoms with Gasteiger partial charge in [-0.25, -0.2) is 31.6 Å². The number of aromatic nitrogens is 2. The molecule has 63 heavy (non-hydrogen) atoms. The number of halogens is 3. The number of nitrogens with one attached hydrogen (secondary N) is 2. The summed E-state index contributed by atoms with van der Waals surface area (Å²) in [4.78, 5) is 51.0. The highest BCUT2D eigenvalue weighted by Gasteiger charge is 2.52. The number of nitrogens with zero attached hydrogens (tertiary/aromatic N) is 3. The molecule has 2 saturated carbocycles. The van der Waals surface area contributed by atoms with Crippen LogP contribution in [0.25, 0.3) is 21.6 Å². The molecular formula is C45H53F3N6O7S2. The Hall–Kier alpha value is -5.23. The van der Waals surface area contributed by atoms with Gasteiger partial charge in [-0.1, -0.05) is 38.8 Å². The van der Waals surface area contributed by atoms with Gasteiger partial charge in [-0.15, -0.1) is 11.3 Å². The Balaban J connectivity index is 1.03. The second-order valence-corrected chi connectivity index (χ2v) is 20.4. The molecule has 4 N–H and O–H groups in total. The Kier molecular flexibility index (Phi) is 13.4. The Bertz CT molecular complexity index is 2520. The molecule has 2 aliphatic carbocycles. The number of nitrogens with two attached hydrogens (primary N) is 1. The van der Waals surface area contributed by atoms with Crippen molar-refractivity contribution in [2.45, 2.75) is 114 Å². The highest BCUT2D eigenvalue weighted by atomic mass is 32.2. The number of hydrogen-bond acceptors (Lipinski definition) is 11. The number of anilines is 1. The number of carbonyl (C=O) groups is 3. The van der Waals surface area contributed by atoms with Crippen molar-refractivity contribution in [3.63, 3.8) is 0 Å². The van der Waals surface area contributed by atoms with E-state index in [2.05, 4.69) is 23.9 Å². The van der Waals surface area contributed by atoms with Crippen LogP contribution in [-0.4, -0.2) is 77.6 Å². The average molecular weight is 911 g/mol. The van der Waals surface area contributed by atoms with Crippen molar-refractivity contribution in [1.82, 2.24) is 19.6 Å². The van der Waals surface area contributed by atoms with Crippen LogP contribution in [0.15, 0.2) is 47.9 Å². The van der Waals surface area contributed by atoms with Gasteiger partial charge in [0.15, 0.2) is 17.5 Å². The number of carbonyl (C=O) groups excluding carboxylic acids is 3. The van der Waals surface area contributed by atoms with Crippen LogP contribution in [-0.2, 0) is 24.4 Å². The quantitative estimate of drug-likeness (QED) is 0.0480. The smallest absolute Gasteiger partial charge is 0.245 e. The number of thiazole rings is 1. The molecule has 1 saturated heterocycles. The number of amides is 3. The summed E-state index contributed by atoms with van der Waals surface area (Å²) in [6.07, 6.45) is 7.62. The molecule has 0 unspecified atom stereocenters. The zero-order chi connectivity index (χ0) is 45.4. The number of benzene rings is 2. The van der Waals surface area contributed by atoms with Crippen LogP contribution in [0.2, 0.25) is 0 Å². The third kappa shape index (κ3) is 10.1. The lowest BCUT2D eigenvalue weighted by molar-refractivity contribution is -0.138. The van der Waals surface area contributed by atoms with E-state index < -0.39 is 68.1 Å². The van der Waals surface area contributed by atoms with E-state index in [-0.39, 0.29) is 42.8 Å². The van der Waals surface area contributed by atoms with Crippen molar-refractivity contribution in [3.8, 4) is 22.2 Å². The van der Waals surface area contributed by atoms with Gasteiger partial charge in [0, 0.05) is 52.6 Å². The second kappa shape index (κ2) is 18.5. The number of pyridine rings is 1. The first-order valence-corrected chi connectivity index (χ1v) is 23.6. The maximum absolute atomic E-state index is 14.4. The summed E-state index contributed by atoms with van der Waals surface area (Å²) in [5, 5.41) is 6.25. The fourth-order valence-electron chi connectivity index (χ4n) is 7.91. The molecule has 0 spiro atoms. The van der Waals surface area contributed by atoms with Gasteiger partial charge in [0.1, 0.15) is 40.4 Å². The molecular weight excluding hydrogens is 858 g/mol. The first-order chi connectivity index (χ1) is 29.9. The first-order valence-electron chi connectivity index (χ1n) is 21.2. The van der Waals surface area contributed by atoms with Crippen LogP contribution < -0.4 is 25.2 Å². The number of allylic oxidation sites excluding steroid dienone is 2. The SMILES string of the molecule is COc1ccc2c(O[C@@H]3C[C@@H](C(N)=O)N(C(=O)[C@H](CCCCC/C=C\[C@@H]4C[C@@H]4C(=O)NS(=O)(=O)C4(C)CC4)Nc4cc(F)c(F)c(F)c4)C3)cc(-c3nc(C(C)C)cs3)nc2c1C. The molecule has 4 aromatic rings. The number of likely N-dealkylation sites (tertiary alicyclic amines) is 1. The summed E-state index contributed by atoms with van der Waals surface area (Å²) in [5.74, 6) is -5.38. The number of ether oxygens (including phenoxy) is 2. The number of rotatable bonds is 19. The average Bonchev–Trinajstić information content (AvgIpc) is 4.07. The normalized spacial score (nSPS) is 20.9. The topological polar surface area (TPSA) is 183 Å². The van der Waals surface area contributed by atoms with E-state index in [0.717, 1.165) is 23.4 Å². The van der Waals surface area contributed by atoms with Crippen molar-refractivity contribution in [1.29, 1.82) is 0 Å². The zero-order valence-corrected chi connectivity index (χ0v) is 37.5. The van der Waals surface area contributed by atoms with E-state index in [1.54, 1.807) is 20.1 Å². The molecule has 5 atom stereocenters. The van der Waals surface area contributed by atoms with Gasteiger partial charge >= 0.3 is 0 Å². The van der Waals surface area contributed by atoms with Crippen molar-refractivity contribution >= 4 is 55.7 Å². The highest BCUT2D eigenvalue weighted by molar-refractivity contribution is 7.91. The van der Waals surface area contributed by atoms with Crippen LogP contribution in [0.4, 0.5) is 18.9 Å². The van der Waals surface area contributed by atoms with Crippen molar-refractivity contribution < 1.29 is 45.4 Å². The van der Waals surface area contributed by atoms with Crippen LogP contribution in [0.5, 0.6) is 11.5 Å². The lowest BCUT2D eigenvalue weighted by atomic mass is 10.0. The van der Waals surface area contributed by atoms with Gasteiger partial charge in [-0.2, -0.15) is 0 Å². The second-order valence-electron chi connectivity index (χ2n) is 17.4. The molecule has 13 nitrogen and oxygen atoms in total. The van der Waals surface area contributed by atoms with Gasteiger partial charge in [0.25, 0.3) is 0 Å². The number of hydrogen-bond donors (Lipinski definition) is 3. The fourth-order valence-corrected chi connectivity index (χ4v) is 10.2. The minimum Gasteiger partial charge on any atom is -0.496 e. The highest BCUT2D eigenvalue weighted by Crippen LogP contribution is 2.44. The lowest BCUT2D eigenvalue weighted by Crippen LogP contribution is -2.49. The standard InChI is InChI=1S/C45H53F3N6O7S2/c1-24(2)35-23-62-43(52-35)34-21-38(29-13-14-37(60-5)25(3)40(29)51-34)61-28-20-36(41(49)55)54(22-28)44(57)33(50-27-18-31(46)39(48)32(47)19-27)12-10-8-6-7-9-11-26-17-30(26)42(56)53-63(58,59)45(4)15-16-45/h9,11,13-14,18-19,21,23-24,26,28,30,33,36,50H,6-8,10,12,15-17,20,22H2,1-5H3,(H2,49,55)(H,53,56)/b11-9-/t26-,28-,30+,33+,36+/m1/s1. The summed E-state index contributed by atoms with van der Waals surface area (Å²) < 4.78 is 81.1. The molecule has 2 aromatic carbocycles. The number of unbranched alkanes of at least 4 members (excludes halogenated alkanes) is 3. The number of fused-ring (bicyclic) bond motifs is 1. The molecule has 3 heterocycles. The maximum atomic E-state index is 14.4. The Morgan fingerprint density at radius 1 is 1.05 bits per heavy atom. The summed E-state index contributed by atoms with van der Waals surface area (Å²) in [5.41, 5.74) is 8.66. The van der Waals surface area contributed by atoms with Crippen LogP contribution in [0.3, 0.4) is 0 Å². The zero-order valence-electron chi connectivity index (χ0n) is 35.9. The monoisotopic (exact) mass is 910 g/mol. The number of primary amides is 1. The number of aryl methyl sites for hydroxylation is 1. The summed E-state index contributed by atoms with van der Waals surface area (Å²) >= 11 is 1.46. The van der Waals surface area contributed by atoms with E-state index >= 15 is 0 Å². The summed E-state index contributed by atoms with van der Waals surface area (Å²) in [7, 11) is -2.11. The molecule has 2 aromatic heterocycles. The van der Waals surface area contributed by atoms with E-state index in [4.69, 9.17) is 25.2 Å². The third-order valence-electron chi connectivity index (χ3n) is 12.3. The molecule has 0 bridgehead atoms. The number of sulfonamides is 1. The molecule has 3 aliphatic rings. The van der Waals surface area contributed by atoms with Crippen LogP contribution in [0.1, 0.15) is 95.7 Å². The van der Waals surface area contributed by atoms with Gasteiger partial charge in [-0.3, -0.25) is 19.1 Å². The van der Waals surface area contributed by atoms with Crippen molar-refractivity contribution in [2.75, 3.05) is 19.0 Å². The predicted molar refractivity (Wildman–Crippen MR) is 234 cm³/mol. The van der Waals surface area contributed by atoms with Gasteiger partial charge in [-0.05, 0) is 76.3 Å². The minimum absolute atomic E-state index is 0.0317. The van der Waals surface area contributed by atoms with Crippen LogP contribution in [0, 0.1) is 36.2 Å². The molecule has 1 aliphatic heterocycles. The molecule has 7 rings (SSSR count). The van der Waals surface area contributed by atoms with Crippen LogP contribution >= 0.6 is 11.3 Å². The number of methoxy groups -OCH3 is 1. The molecule has 0 radical (unpaired) electrons. The maximum Gasteiger partial charge on any atom is 0.245 e. The summed E-state index contributed by atoms with van der Waals surface area (Å²) in [6.45, 7) is 7.60. The summed E-state index contributed by atoms with van der Waals surface area (Å²) in [6, 6.07) is 4.84. The van der Waals surface area contributed by atoms with E-state index in [0.29, 0.717) is 78.0 Å². The molecule has 18 heteroatoms. The van der Waals surface area contributed by atoms with Crippen molar-refractivity contribution in [2.24, 2.45) is 17.6 Å². The van der Waals surface area contributed by atoms with E-state index in [9.17, 15) is 36.0 Å². The van der Waals surface area contributed by atoms with Gasteiger partial charge in [0.05, 0.1) is 29.6 Å².